The molecule has 2 fully saturated rings. The summed E-state index contributed by atoms with van der Waals surface area (Å²) in [6.07, 6.45) is 7.23. The molecule has 0 spiro atoms. The first-order chi connectivity index (χ1) is 13.8. The molecule has 3 aromatic rings. The number of piperazine rings is 1. The second-order valence-corrected chi connectivity index (χ2v) is 7.72. The highest BCUT2D eigenvalue weighted by Crippen LogP contribution is 2.31. The van der Waals surface area contributed by atoms with E-state index in [1.54, 1.807) is 6.33 Å². The lowest BCUT2D eigenvalue weighted by atomic mass is 9.96. The number of nitrogens with zero attached hydrogens (tertiary/aromatic N) is 5. The van der Waals surface area contributed by atoms with Gasteiger partial charge in [0, 0.05) is 44.0 Å². The van der Waals surface area contributed by atoms with Gasteiger partial charge in [-0.3, -0.25) is 4.90 Å². The van der Waals surface area contributed by atoms with Crippen LogP contribution in [0.5, 0.6) is 5.88 Å². The van der Waals surface area contributed by atoms with Crippen LogP contribution < -0.4 is 9.64 Å². The van der Waals surface area contributed by atoms with E-state index in [1.807, 2.05) is 13.1 Å². The molecule has 2 aromatic heterocycles. The zero-order valence-corrected chi connectivity index (χ0v) is 16.2. The van der Waals surface area contributed by atoms with Crippen molar-refractivity contribution in [3.05, 3.63) is 42.0 Å². The van der Waals surface area contributed by atoms with Gasteiger partial charge in [-0.05, 0) is 44.4 Å². The summed E-state index contributed by atoms with van der Waals surface area (Å²) < 4.78 is 11.3. The van der Waals surface area contributed by atoms with Crippen molar-refractivity contribution in [3.8, 4) is 5.88 Å². The molecule has 7 nitrogen and oxygen atoms in total. The van der Waals surface area contributed by atoms with Gasteiger partial charge in [-0.15, -0.1) is 0 Å². The molecule has 0 bridgehead atoms. The Labute approximate surface area is 164 Å². The number of aromatic nitrogens is 3. The van der Waals surface area contributed by atoms with Crippen molar-refractivity contribution in [2.24, 2.45) is 0 Å². The fraction of sp³-hybridized carbons (Fsp3) is 0.476. The highest BCUT2D eigenvalue weighted by molar-refractivity contribution is 5.86. The smallest absolute Gasteiger partial charge is 0.224 e. The maximum absolute atomic E-state index is 6.10. The van der Waals surface area contributed by atoms with Crippen LogP contribution in [0.1, 0.15) is 30.6 Å². The van der Waals surface area contributed by atoms with Crippen LogP contribution in [0.4, 0.5) is 5.69 Å². The summed E-state index contributed by atoms with van der Waals surface area (Å²) in [4.78, 5) is 13.7. The maximum Gasteiger partial charge on any atom is 0.224 e. The zero-order chi connectivity index (χ0) is 18.9. The Morgan fingerprint density at radius 2 is 2.00 bits per heavy atom. The minimum absolute atomic E-state index is 0.311. The molecule has 7 heteroatoms. The Balaban J connectivity index is 1.29. The average Bonchev–Trinajstić information content (AvgIpc) is 3.09. The minimum atomic E-state index is 0.311. The Morgan fingerprint density at radius 3 is 2.71 bits per heavy atom. The van der Waals surface area contributed by atoms with Gasteiger partial charge in [0.25, 0.3) is 0 Å². The van der Waals surface area contributed by atoms with Gasteiger partial charge < -0.3 is 14.2 Å². The van der Waals surface area contributed by atoms with Gasteiger partial charge in [0.05, 0.1) is 17.1 Å². The lowest BCUT2D eigenvalue weighted by Gasteiger charge is -2.36. The van der Waals surface area contributed by atoms with Crippen LogP contribution in [-0.2, 0) is 6.54 Å². The van der Waals surface area contributed by atoms with Gasteiger partial charge in [0.2, 0.25) is 5.88 Å². The summed E-state index contributed by atoms with van der Waals surface area (Å²) in [5.74, 6) is 1.63. The third kappa shape index (κ3) is 3.42. The molecule has 3 heterocycles. The summed E-state index contributed by atoms with van der Waals surface area (Å²) in [5, 5.41) is 4.89. The number of benzene rings is 1. The van der Waals surface area contributed by atoms with Gasteiger partial charge in [-0.25, -0.2) is 9.97 Å². The van der Waals surface area contributed by atoms with Gasteiger partial charge in [0.15, 0.2) is 0 Å². The third-order valence-electron chi connectivity index (χ3n) is 5.89. The Morgan fingerprint density at radius 1 is 1.14 bits per heavy atom. The molecule has 1 aliphatic heterocycles. The molecule has 0 atom stereocenters. The molecule has 1 aliphatic carbocycles. The molecule has 146 valence electrons. The van der Waals surface area contributed by atoms with Crippen LogP contribution in [0.25, 0.3) is 10.9 Å². The van der Waals surface area contributed by atoms with Crippen LogP contribution in [0.3, 0.4) is 0 Å². The molecule has 1 aromatic carbocycles. The first-order valence-corrected chi connectivity index (χ1v) is 10.0. The van der Waals surface area contributed by atoms with E-state index in [0.29, 0.717) is 6.10 Å². The summed E-state index contributed by atoms with van der Waals surface area (Å²) in [7, 11) is 0. The normalized spacial score (nSPS) is 18.4. The predicted octanol–water partition coefficient (Wildman–Crippen LogP) is 3.18. The number of anilines is 1. The van der Waals surface area contributed by atoms with E-state index in [0.717, 1.165) is 68.1 Å². The fourth-order valence-electron chi connectivity index (χ4n) is 3.83. The van der Waals surface area contributed by atoms with Gasteiger partial charge >= 0.3 is 0 Å². The van der Waals surface area contributed by atoms with E-state index < -0.39 is 0 Å². The second kappa shape index (κ2) is 7.39. The lowest BCUT2D eigenvalue weighted by Crippen LogP contribution is -2.46. The van der Waals surface area contributed by atoms with E-state index in [9.17, 15) is 0 Å². The molecule has 0 amide bonds. The molecular weight excluding hydrogens is 354 g/mol. The third-order valence-corrected chi connectivity index (χ3v) is 5.89. The molecule has 0 unspecified atom stereocenters. The summed E-state index contributed by atoms with van der Waals surface area (Å²) in [6, 6.07) is 6.41. The van der Waals surface area contributed by atoms with Crippen molar-refractivity contribution in [3.63, 3.8) is 0 Å². The second-order valence-electron chi connectivity index (χ2n) is 7.72. The van der Waals surface area contributed by atoms with Crippen LogP contribution in [-0.4, -0.2) is 52.3 Å². The van der Waals surface area contributed by atoms with Crippen LogP contribution in [0, 0.1) is 6.92 Å². The van der Waals surface area contributed by atoms with E-state index >= 15 is 0 Å². The van der Waals surface area contributed by atoms with Gasteiger partial charge in [-0.1, -0.05) is 5.16 Å². The van der Waals surface area contributed by atoms with Crippen LogP contribution in [0.15, 0.2) is 35.2 Å². The standard InChI is InChI=1S/C21H25N5O2/c1-15-16(12-24-28-15)13-25-7-9-26(10-8-25)17-5-6-20-19(11-17)21(23-14-22-20)27-18-3-2-4-18/h5-6,11-12,14,18H,2-4,7-10,13H2,1H3. The van der Waals surface area contributed by atoms with Crippen molar-refractivity contribution in [1.82, 2.24) is 20.0 Å². The number of hydrogen-bond acceptors (Lipinski definition) is 7. The summed E-state index contributed by atoms with van der Waals surface area (Å²) in [6.45, 7) is 6.87. The zero-order valence-electron chi connectivity index (χ0n) is 16.2. The first-order valence-electron chi connectivity index (χ1n) is 10.0. The molecule has 1 saturated carbocycles. The van der Waals surface area contributed by atoms with E-state index in [2.05, 4.69) is 43.1 Å². The van der Waals surface area contributed by atoms with Gasteiger partial charge in [-0.2, -0.15) is 0 Å². The SMILES string of the molecule is Cc1oncc1CN1CCN(c2ccc3ncnc(OC4CCC4)c3c2)CC1. The first kappa shape index (κ1) is 17.4. The van der Waals surface area contributed by atoms with E-state index in [-0.39, 0.29) is 0 Å². The Kier molecular flexibility index (Phi) is 4.60. The van der Waals surface area contributed by atoms with Crippen LogP contribution in [0.2, 0.25) is 0 Å². The number of rotatable bonds is 5. The van der Waals surface area contributed by atoms with E-state index in [4.69, 9.17) is 9.26 Å². The van der Waals surface area contributed by atoms with Crippen molar-refractivity contribution in [2.45, 2.75) is 38.8 Å². The largest absolute Gasteiger partial charge is 0.474 e. The highest BCUT2D eigenvalue weighted by Gasteiger charge is 2.22. The lowest BCUT2D eigenvalue weighted by molar-refractivity contribution is 0.116. The quantitative estimate of drug-likeness (QED) is 0.674. The maximum atomic E-state index is 6.10. The molecule has 28 heavy (non-hydrogen) atoms. The van der Waals surface area contributed by atoms with Crippen molar-refractivity contribution >= 4 is 16.6 Å². The van der Waals surface area contributed by atoms with E-state index in [1.165, 1.54) is 17.7 Å². The number of hydrogen-bond donors (Lipinski definition) is 0. The molecular formula is C21H25N5O2. The highest BCUT2D eigenvalue weighted by atomic mass is 16.5. The summed E-state index contributed by atoms with van der Waals surface area (Å²) >= 11 is 0. The topological polar surface area (TPSA) is 67.5 Å². The minimum Gasteiger partial charge on any atom is -0.474 e. The summed E-state index contributed by atoms with van der Waals surface area (Å²) in [5.41, 5.74) is 3.32. The van der Waals surface area contributed by atoms with Gasteiger partial charge in [0.1, 0.15) is 18.2 Å². The molecule has 1 saturated heterocycles. The Bertz CT molecular complexity index is 960. The van der Waals surface area contributed by atoms with Crippen molar-refractivity contribution < 1.29 is 9.26 Å². The van der Waals surface area contributed by atoms with Crippen molar-refractivity contribution in [2.75, 3.05) is 31.1 Å². The molecule has 2 aliphatic rings. The van der Waals surface area contributed by atoms with Crippen molar-refractivity contribution in [1.29, 1.82) is 0 Å². The number of aryl methyl sites for hydroxylation is 1. The molecule has 0 N–H and O–H groups in total. The number of fused-ring (bicyclic) bond motifs is 1. The monoisotopic (exact) mass is 379 g/mol. The fourth-order valence-corrected chi connectivity index (χ4v) is 3.83. The number of ether oxygens (including phenoxy) is 1. The Hall–Kier alpha value is -2.67. The molecule has 0 radical (unpaired) electrons. The van der Waals surface area contributed by atoms with Crippen LogP contribution >= 0.6 is 0 Å². The molecule has 5 rings (SSSR count). The average molecular weight is 379 g/mol. The predicted molar refractivity (Wildman–Crippen MR) is 107 cm³/mol.